The van der Waals surface area contributed by atoms with E-state index >= 15 is 0 Å². The Morgan fingerprint density at radius 1 is 1.36 bits per heavy atom. The lowest BCUT2D eigenvalue weighted by Gasteiger charge is -2.33. The smallest absolute Gasteiger partial charge is 0.261 e. The van der Waals surface area contributed by atoms with Crippen LogP contribution >= 0.6 is 31.9 Å². The Labute approximate surface area is 166 Å². The molecule has 1 heterocycles. The summed E-state index contributed by atoms with van der Waals surface area (Å²) in [5, 5.41) is 0. The first-order chi connectivity index (χ1) is 11.6. The number of hydrogen-bond donors (Lipinski definition) is 0. The van der Waals surface area contributed by atoms with Crippen molar-refractivity contribution < 1.29 is 17.9 Å². The van der Waals surface area contributed by atoms with E-state index in [0.717, 1.165) is 20.9 Å². The van der Waals surface area contributed by atoms with Crippen molar-refractivity contribution in [2.24, 2.45) is 0 Å². The van der Waals surface area contributed by atoms with Crippen molar-refractivity contribution in [2.75, 3.05) is 18.1 Å². The average Bonchev–Trinajstić information content (AvgIpc) is 2.85. The number of halogens is 2. The Morgan fingerprint density at radius 2 is 1.96 bits per heavy atom. The van der Waals surface area contributed by atoms with Crippen LogP contribution in [0.5, 0.6) is 5.75 Å². The number of benzene rings is 1. The number of rotatable bonds is 6. The van der Waals surface area contributed by atoms with Gasteiger partial charge in [-0.2, -0.15) is 0 Å². The zero-order valence-corrected chi connectivity index (χ0v) is 18.6. The highest BCUT2D eigenvalue weighted by molar-refractivity contribution is 9.11. The largest absolute Gasteiger partial charge is 0.481 e. The zero-order valence-electron chi connectivity index (χ0n) is 14.6. The molecule has 0 bridgehead atoms. The second-order valence-electron chi connectivity index (χ2n) is 6.46. The fraction of sp³-hybridized carbons (Fsp3) is 0.588. The monoisotopic (exact) mass is 495 g/mol. The maximum Gasteiger partial charge on any atom is 0.261 e. The van der Waals surface area contributed by atoms with Crippen LogP contribution in [0, 0.1) is 6.92 Å². The third-order valence-corrected chi connectivity index (χ3v) is 7.37. The molecular formula is C17H23Br2NO4S. The Morgan fingerprint density at radius 3 is 2.44 bits per heavy atom. The normalized spacial score (nSPS) is 20.3. The molecule has 25 heavy (non-hydrogen) atoms. The van der Waals surface area contributed by atoms with Gasteiger partial charge < -0.3 is 9.64 Å². The van der Waals surface area contributed by atoms with Gasteiger partial charge in [0, 0.05) is 12.1 Å². The Bertz CT molecular complexity index is 728. The van der Waals surface area contributed by atoms with E-state index in [2.05, 4.69) is 31.9 Å². The predicted molar refractivity (Wildman–Crippen MR) is 106 cm³/mol. The van der Waals surface area contributed by atoms with E-state index in [4.69, 9.17) is 4.74 Å². The van der Waals surface area contributed by atoms with Gasteiger partial charge in [-0.05, 0) is 76.2 Å². The molecule has 0 N–H and O–H groups in total. The second kappa shape index (κ2) is 8.39. The zero-order chi connectivity index (χ0) is 18.8. The summed E-state index contributed by atoms with van der Waals surface area (Å²) in [7, 11) is -3.05. The highest BCUT2D eigenvalue weighted by Gasteiger charge is 2.36. The number of hydrogen-bond acceptors (Lipinski definition) is 4. The Balaban J connectivity index is 2.13. The van der Waals surface area contributed by atoms with Crippen molar-refractivity contribution in [3.05, 3.63) is 26.6 Å². The molecule has 0 radical (unpaired) electrons. The number of aryl methyl sites for hydroxylation is 1. The lowest BCUT2D eigenvalue weighted by atomic mass is 10.1. The Kier molecular flexibility index (Phi) is 6.95. The van der Waals surface area contributed by atoms with E-state index in [9.17, 15) is 13.2 Å². The molecule has 0 spiro atoms. The summed E-state index contributed by atoms with van der Waals surface area (Å²) in [4.78, 5) is 14.5. The molecule has 1 aliphatic heterocycles. The van der Waals surface area contributed by atoms with Gasteiger partial charge in [-0.25, -0.2) is 8.42 Å². The maximum absolute atomic E-state index is 12.8. The molecule has 0 aliphatic carbocycles. The first kappa shape index (κ1) is 20.7. The average molecular weight is 497 g/mol. The van der Waals surface area contributed by atoms with Crippen LogP contribution in [0.3, 0.4) is 0 Å². The minimum atomic E-state index is -3.05. The van der Waals surface area contributed by atoms with Crippen LogP contribution in [0.15, 0.2) is 21.1 Å². The molecule has 1 aliphatic rings. The van der Waals surface area contributed by atoms with Crippen LogP contribution in [0.4, 0.5) is 0 Å². The number of amides is 1. The van der Waals surface area contributed by atoms with Gasteiger partial charge in [-0.15, -0.1) is 0 Å². The van der Waals surface area contributed by atoms with Gasteiger partial charge in [0.25, 0.3) is 5.91 Å². The molecule has 0 unspecified atom stereocenters. The van der Waals surface area contributed by atoms with E-state index in [1.807, 2.05) is 32.9 Å². The Hall–Kier alpha value is -0.600. The molecule has 140 valence electrons. The number of nitrogens with zero attached hydrogens (tertiary/aromatic N) is 1. The standard InChI is InChI=1S/C17H23Br2NO4S/c1-4-12(3)20(13-5-6-25(22,23)10-13)16(21)9-24-17-14(18)7-11(2)8-15(17)19/h7-8,12-13H,4-6,9-10H2,1-3H3/t12-,13+/m0/s1. The third kappa shape index (κ3) is 5.20. The highest BCUT2D eigenvalue weighted by atomic mass is 79.9. The first-order valence-corrected chi connectivity index (χ1v) is 11.7. The molecule has 2 atom stereocenters. The summed E-state index contributed by atoms with van der Waals surface area (Å²) in [5.74, 6) is 0.576. The van der Waals surface area contributed by atoms with E-state index in [0.29, 0.717) is 12.2 Å². The molecule has 0 saturated carbocycles. The number of ether oxygens (including phenoxy) is 1. The molecule has 8 heteroatoms. The van der Waals surface area contributed by atoms with E-state index in [-0.39, 0.29) is 36.1 Å². The van der Waals surface area contributed by atoms with Gasteiger partial charge in [-0.1, -0.05) is 6.92 Å². The highest BCUT2D eigenvalue weighted by Crippen LogP contribution is 2.34. The summed E-state index contributed by atoms with van der Waals surface area (Å²) in [6, 6.07) is 3.54. The first-order valence-electron chi connectivity index (χ1n) is 8.24. The number of carbonyl (C=O) groups is 1. The van der Waals surface area contributed by atoms with Crippen LogP contribution in [0.1, 0.15) is 32.3 Å². The summed E-state index contributed by atoms with van der Waals surface area (Å²) >= 11 is 6.90. The molecular weight excluding hydrogens is 474 g/mol. The van der Waals surface area contributed by atoms with Crippen LogP contribution in [0.2, 0.25) is 0 Å². The predicted octanol–water partition coefficient (Wildman–Crippen LogP) is 3.71. The molecule has 1 saturated heterocycles. The fourth-order valence-corrected chi connectivity index (χ4v) is 6.39. The van der Waals surface area contributed by atoms with Crippen LogP contribution in [-0.2, 0) is 14.6 Å². The summed E-state index contributed by atoms with van der Waals surface area (Å²) < 4.78 is 30.9. The molecule has 1 amide bonds. The molecule has 1 aromatic carbocycles. The summed E-state index contributed by atoms with van der Waals surface area (Å²) in [6.45, 7) is 5.78. The van der Waals surface area contributed by atoms with Gasteiger partial charge in [0.1, 0.15) is 5.75 Å². The molecule has 1 aromatic rings. The van der Waals surface area contributed by atoms with Crippen LogP contribution in [0.25, 0.3) is 0 Å². The van der Waals surface area contributed by atoms with Crippen LogP contribution in [-0.4, -0.2) is 49.4 Å². The van der Waals surface area contributed by atoms with Gasteiger partial charge in [0.05, 0.1) is 20.5 Å². The van der Waals surface area contributed by atoms with Crippen molar-refractivity contribution >= 4 is 47.6 Å². The van der Waals surface area contributed by atoms with Crippen molar-refractivity contribution in [1.29, 1.82) is 0 Å². The minimum absolute atomic E-state index is 0.0284. The van der Waals surface area contributed by atoms with Crippen molar-refractivity contribution in [2.45, 2.75) is 45.7 Å². The molecule has 1 fully saturated rings. The lowest BCUT2D eigenvalue weighted by molar-refractivity contribution is -0.137. The second-order valence-corrected chi connectivity index (χ2v) is 10.4. The molecule has 2 rings (SSSR count). The van der Waals surface area contributed by atoms with Gasteiger partial charge >= 0.3 is 0 Å². The van der Waals surface area contributed by atoms with Crippen LogP contribution < -0.4 is 4.74 Å². The van der Waals surface area contributed by atoms with Gasteiger partial charge in [0.2, 0.25) is 0 Å². The van der Waals surface area contributed by atoms with E-state index in [1.165, 1.54) is 0 Å². The van der Waals surface area contributed by atoms with Crippen molar-refractivity contribution in [1.82, 2.24) is 4.90 Å². The summed E-state index contributed by atoms with van der Waals surface area (Å²) in [5.41, 5.74) is 1.06. The quantitative estimate of drug-likeness (QED) is 0.602. The number of carbonyl (C=O) groups excluding carboxylic acids is 1. The van der Waals surface area contributed by atoms with Gasteiger partial charge in [-0.3, -0.25) is 4.79 Å². The minimum Gasteiger partial charge on any atom is -0.481 e. The number of sulfone groups is 1. The lowest BCUT2D eigenvalue weighted by Crippen LogP contribution is -2.48. The molecule has 5 nitrogen and oxygen atoms in total. The third-order valence-electron chi connectivity index (χ3n) is 4.44. The SMILES string of the molecule is CC[C@H](C)N(C(=O)COc1c(Br)cc(C)cc1Br)[C@@H]1CCS(=O)(=O)C1. The van der Waals surface area contributed by atoms with E-state index < -0.39 is 9.84 Å². The van der Waals surface area contributed by atoms with Crippen molar-refractivity contribution in [3.63, 3.8) is 0 Å². The maximum atomic E-state index is 12.8. The topological polar surface area (TPSA) is 63.7 Å². The van der Waals surface area contributed by atoms with E-state index in [1.54, 1.807) is 4.90 Å². The fourth-order valence-electron chi connectivity index (χ4n) is 3.03. The van der Waals surface area contributed by atoms with Crippen molar-refractivity contribution in [3.8, 4) is 5.75 Å². The summed E-state index contributed by atoms with van der Waals surface area (Å²) in [6.07, 6.45) is 1.26. The van der Waals surface area contributed by atoms with Gasteiger partial charge in [0.15, 0.2) is 16.4 Å². The molecule has 0 aromatic heterocycles.